The van der Waals surface area contributed by atoms with Gasteiger partial charge in [-0.2, -0.15) is 0 Å². The van der Waals surface area contributed by atoms with Crippen LogP contribution in [0.1, 0.15) is 35.5 Å². The van der Waals surface area contributed by atoms with Gasteiger partial charge >= 0.3 is 0 Å². The monoisotopic (exact) mass is 356 g/mol. The largest absolute Gasteiger partial charge is 0.309 e. The first kappa shape index (κ1) is 15.6. The highest BCUT2D eigenvalue weighted by Gasteiger charge is 2.18. The molecule has 0 aliphatic heterocycles. The molecule has 2 rings (SSSR count). The van der Waals surface area contributed by atoms with Gasteiger partial charge in [0.05, 0.1) is 11.2 Å². The standard InChI is InChI=1S/C15H18BrFN2S/c1-3-6-18-14(15-10(2)19-9-20-15)7-11-4-5-12(16)8-13(11)17/h4-5,8-9,14,18H,3,6-7H2,1-2H3. The van der Waals surface area contributed by atoms with Crippen molar-refractivity contribution in [3.63, 3.8) is 0 Å². The first-order chi connectivity index (χ1) is 9.61. The quantitative estimate of drug-likeness (QED) is 0.815. The summed E-state index contributed by atoms with van der Waals surface area (Å²) in [5, 5.41) is 3.49. The van der Waals surface area contributed by atoms with E-state index in [-0.39, 0.29) is 11.9 Å². The number of halogens is 2. The molecule has 1 aromatic heterocycles. The lowest BCUT2D eigenvalue weighted by atomic mass is 10.0. The van der Waals surface area contributed by atoms with E-state index in [2.05, 4.69) is 33.2 Å². The Morgan fingerprint density at radius 3 is 2.85 bits per heavy atom. The second-order valence-corrected chi connectivity index (χ2v) is 6.55. The molecule has 0 radical (unpaired) electrons. The van der Waals surface area contributed by atoms with Crippen molar-refractivity contribution in [2.24, 2.45) is 0 Å². The summed E-state index contributed by atoms with van der Waals surface area (Å²) in [6.45, 7) is 5.05. The summed E-state index contributed by atoms with van der Waals surface area (Å²) in [5.41, 5.74) is 3.61. The molecule has 1 N–H and O–H groups in total. The highest BCUT2D eigenvalue weighted by Crippen LogP contribution is 2.27. The normalized spacial score (nSPS) is 12.6. The molecule has 5 heteroatoms. The van der Waals surface area contributed by atoms with Gasteiger partial charge in [-0.05, 0) is 44.0 Å². The number of aromatic nitrogens is 1. The fraction of sp³-hybridized carbons (Fsp3) is 0.400. The molecule has 1 heterocycles. The van der Waals surface area contributed by atoms with E-state index in [9.17, 15) is 4.39 Å². The Morgan fingerprint density at radius 2 is 2.25 bits per heavy atom. The first-order valence-electron chi connectivity index (χ1n) is 6.69. The Bertz CT molecular complexity index is 571. The van der Waals surface area contributed by atoms with Crippen LogP contribution in [0.4, 0.5) is 4.39 Å². The molecule has 1 unspecified atom stereocenters. The lowest BCUT2D eigenvalue weighted by molar-refractivity contribution is 0.516. The second kappa shape index (κ2) is 7.29. The van der Waals surface area contributed by atoms with Gasteiger partial charge < -0.3 is 5.32 Å². The molecule has 0 saturated carbocycles. The Balaban J connectivity index is 2.21. The summed E-state index contributed by atoms with van der Waals surface area (Å²) < 4.78 is 14.8. The van der Waals surface area contributed by atoms with E-state index in [4.69, 9.17) is 0 Å². The van der Waals surface area contributed by atoms with E-state index in [1.54, 1.807) is 11.3 Å². The van der Waals surface area contributed by atoms with Gasteiger partial charge in [-0.1, -0.05) is 28.9 Å². The molecule has 2 aromatic rings. The third kappa shape index (κ3) is 3.87. The van der Waals surface area contributed by atoms with Crippen molar-refractivity contribution < 1.29 is 4.39 Å². The van der Waals surface area contributed by atoms with Crippen LogP contribution in [0.15, 0.2) is 28.2 Å². The predicted molar refractivity (Wildman–Crippen MR) is 85.7 cm³/mol. The molecule has 0 spiro atoms. The highest BCUT2D eigenvalue weighted by atomic mass is 79.9. The lowest BCUT2D eigenvalue weighted by Crippen LogP contribution is -2.24. The van der Waals surface area contributed by atoms with E-state index in [0.717, 1.165) is 28.7 Å². The van der Waals surface area contributed by atoms with Gasteiger partial charge in [0.25, 0.3) is 0 Å². The number of rotatable bonds is 6. The van der Waals surface area contributed by atoms with Crippen LogP contribution < -0.4 is 5.32 Å². The van der Waals surface area contributed by atoms with E-state index in [1.165, 1.54) is 10.9 Å². The SMILES string of the molecule is CCCNC(Cc1ccc(Br)cc1F)c1scnc1C. The van der Waals surface area contributed by atoms with E-state index < -0.39 is 0 Å². The number of aryl methyl sites for hydroxylation is 1. The second-order valence-electron chi connectivity index (χ2n) is 4.75. The summed E-state index contributed by atoms with van der Waals surface area (Å²) in [6, 6.07) is 5.37. The molecule has 0 bridgehead atoms. The number of nitrogens with one attached hydrogen (secondary N) is 1. The maximum absolute atomic E-state index is 14.0. The average Bonchev–Trinajstić information content (AvgIpc) is 2.83. The highest BCUT2D eigenvalue weighted by molar-refractivity contribution is 9.10. The molecule has 0 amide bonds. The van der Waals surface area contributed by atoms with Gasteiger partial charge in [0.1, 0.15) is 5.82 Å². The molecule has 1 atom stereocenters. The van der Waals surface area contributed by atoms with Crippen molar-refractivity contribution in [1.82, 2.24) is 10.3 Å². The Hall–Kier alpha value is -0.780. The van der Waals surface area contributed by atoms with Crippen molar-refractivity contribution in [3.05, 3.63) is 50.1 Å². The molecule has 20 heavy (non-hydrogen) atoms. The summed E-state index contributed by atoms with van der Waals surface area (Å²) in [7, 11) is 0. The van der Waals surface area contributed by atoms with Gasteiger partial charge in [-0.25, -0.2) is 9.37 Å². The van der Waals surface area contributed by atoms with Crippen LogP contribution in [0.3, 0.4) is 0 Å². The van der Waals surface area contributed by atoms with Gasteiger partial charge in [-0.15, -0.1) is 11.3 Å². The molecule has 0 aliphatic carbocycles. The molecule has 1 aromatic carbocycles. The molecule has 0 aliphatic rings. The minimum absolute atomic E-state index is 0.123. The number of benzene rings is 1. The van der Waals surface area contributed by atoms with Crippen LogP contribution in [0.5, 0.6) is 0 Å². The average molecular weight is 357 g/mol. The maximum Gasteiger partial charge on any atom is 0.127 e. The van der Waals surface area contributed by atoms with Gasteiger partial charge in [0.2, 0.25) is 0 Å². The summed E-state index contributed by atoms with van der Waals surface area (Å²) in [6.07, 6.45) is 1.69. The minimum atomic E-state index is -0.162. The Kier molecular flexibility index (Phi) is 5.69. The fourth-order valence-corrected chi connectivity index (χ4v) is 3.34. The number of thiazole rings is 1. The maximum atomic E-state index is 14.0. The van der Waals surface area contributed by atoms with Gasteiger partial charge in [0.15, 0.2) is 0 Å². The lowest BCUT2D eigenvalue weighted by Gasteiger charge is -2.18. The third-order valence-corrected chi connectivity index (χ3v) is 4.72. The fourth-order valence-electron chi connectivity index (χ4n) is 2.13. The smallest absolute Gasteiger partial charge is 0.127 e. The Labute approximate surface area is 131 Å². The van der Waals surface area contributed by atoms with Crippen molar-refractivity contribution in [2.45, 2.75) is 32.7 Å². The molecule has 108 valence electrons. The minimum Gasteiger partial charge on any atom is -0.309 e. The van der Waals surface area contributed by atoms with Crippen molar-refractivity contribution in [1.29, 1.82) is 0 Å². The molecule has 2 nitrogen and oxygen atoms in total. The van der Waals surface area contributed by atoms with E-state index >= 15 is 0 Å². The van der Waals surface area contributed by atoms with Crippen molar-refractivity contribution in [2.75, 3.05) is 6.54 Å². The number of nitrogens with zero attached hydrogens (tertiary/aromatic N) is 1. The molecular formula is C15H18BrFN2S. The Morgan fingerprint density at radius 1 is 1.45 bits per heavy atom. The van der Waals surface area contributed by atoms with Gasteiger partial charge in [-0.3, -0.25) is 0 Å². The summed E-state index contributed by atoms with van der Waals surface area (Å²) in [5.74, 6) is -0.162. The molecular weight excluding hydrogens is 339 g/mol. The van der Waals surface area contributed by atoms with Crippen molar-refractivity contribution >= 4 is 27.3 Å². The predicted octanol–water partition coefficient (Wildman–Crippen LogP) is 4.64. The van der Waals surface area contributed by atoms with Crippen LogP contribution in [0.2, 0.25) is 0 Å². The van der Waals surface area contributed by atoms with E-state index in [1.807, 2.05) is 24.6 Å². The molecule has 0 saturated heterocycles. The first-order valence-corrected chi connectivity index (χ1v) is 8.36. The molecule has 0 fully saturated rings. The third-order valence-electron chi connectivity index (χ3n) is 3.18. The number of hydrogen-bond acceptors (Lipinski definition) is 3. The number of hydrogen-bond donors (Lipinski definition) is 1. The van der Waals surface area contributed by atoms with Crippen LogP contribution >= 0.6 is 27.3 Å². The van der Waals surface area contributed by atoms with Gasteiger partial charge in [0, 0.05) is 15.4 Å². The van der Waals surface area contributed by atoms with Crippen LogP contribution in [0, 0.1) is 12.7 Å². The van der Waals surface area contributed by atoms with Crippen LogP contribution in [-0.4, -0.2) is 11.5 Å². The zero-order valence-corrected chi connectivity index (χ0v) is 14.0. The van der Waals surface area contributed by atoms with Crippen LogP contribution in [-0.2, 0) is 6.42 Å². The van der Waals surface area contributed by atoms with E-state index in [0.29, 0.717) is 6.42 Å². The zero-order valence-electron chi connectivity index (χ0n) is 11.6. The summed E-state index contributed by atoms with van der Waals surface area (Å²) in [4.78, 5) is 5.50. The zero-order chi connectivity index (χ0) is 14.5. The topological polar surface area (TPSA) is 24.9 Å². The summed E-state index contributed by atoms with van der Waals surface area (Å²) >= 11 is 4.92. The van der Waals surface area contributed by atoms with Crippen LogP contribution in [0.25, 0.3) is 0 Å². The van der Waals surface area contributed by atoms with Crippen molar-refractivity contribution in [3.8, 4) is 0 Å².